The van der Waals surface area contributed by atoms with E-state index in [2.05, 4.69) is 15.1 Å². The summed E-state index contributed by atoms with van der Waals surface area (Å²) in [5, 5.41) is 2.72. The minimum Gasteiger partial charge on any atom is -0.468 e. The van der Waals surface area contributed by atoms with Gasteiger partial charge in [-0.3, -0.25) is 14.6 Å². The molecule has 6 heteroatoms. The molecule has 2 saturated heterocycles. The quantitative estimate of drug-likeness (QED) is 0.894. The molecule has 23 heavy (non-hydrogen) atoms. The molecule has 2 fully saturated rings. The number of hydrogen-bond donors (Lipinski definition) is 1. The summed E-state index contributed by atoms with van der Waals surface area (Å²) < 4.78 is 11.4. The zero-order chi connectivity index (χ0) is 16.1. The second-order valence-corrected chi connectivity index (χ2v) is 6.83. The summed E-state index contributed by atoms with van der Waals surface area (Å²) in [5.41, 5.74) is 0.120. The molecular weight excluding hydrogens is 294 g/mol. The van der Waals surface area contributed by atoms with E-state index in [9.17, 15) is 4.79 Å². The molecular formula is C17H27N3O3. The van der Waals surface area contributed by atoms with Crippen LogP contribution in [-0.2, 0) is 16.1 Å². The molecule has 3 heterocycles. The van der Waals surface area contributed by atoms with Gasteiger partial charge in [-0.05, 0) is 31.5 Å². The van der Waals surface area contributed by atoms with E-state index in [1.807, 2.05) is 12.1 Å². The molecule has 0 bridgehead atoms. The molecule has 1 aromatic heterocycles. The lowest BCUT2D eigenvalue weighted by Gasteiger charge is -2.43. The highest BCUT2D eigenvalue weighted by Gasteiger charge is 2.39. The van der Waals surface area contributed by atoms with Gasteiger partial charge in [-0.15, -0.1) is 0 Å². The molecule has 3 rings (SSSR count). The number of nitrogens with one attached hydrogen (secondary N) is 1. The van der Waals surface area contributed by atoms with Crippen molar-refractivity contribution < 1.29 is 13.9 Å². The molecule has 1 amide bonds. The van der Waals surface area contributed by atoms with Crippen molar-refractivity contribution in [3.8, 4) is 0 Å². The van der Waals surface area contributed by atoms with E-state index in [1.165, 1.54) is 0 Å². The Balaban J connectivity index is 1.64. The first kappa shape index (κ1) is 16.5. The lowest BCUT2D eigenvalue weighted by atomic mass is 9.80. The Morgan fingerprint density at radius 2 is 2.22 bits per heavy atom. The minimum atomic E-state index is 0.0744. The van der Waals surface area contributed by atoms with E-state index in [1.54, 1.807) is 13.3 Å². The van der Waals surface area contributed by atoms with Gasteiger partial charge in [0.05, 0.1) is 32.6 Å². The van der Waals surface area contributed by atoms with Crippen molar-refractivity contribution in [2.75, 3.05) is 53.0 Å². The van der Waals surface area contributed by atoms with E-state index in [0.29, 0.717) is 13.2 Å². The number of amides is 1. The first-order chi connectivity index (χ1) is 11.2. The number of likely N-dealkylation sites (N-methyl/N-ethyl adjacent to an activating group) is 1. The molecule has 1 aromatic rings. The van der Waals surface area contributed by atoms with E-state index in [-0.39, 0.29) is 11.3 Å². The highest BCUT2D eigenvalue weighted by Crippen LogP contribution is 2.33. The lowest BCUT2D eigenvalue weighted by Crippen LogP contribution is -2.51. The van der Waals surface area contributed by atoms with Crippen molar-refractivity contribution in [3.05, 3.63) is 24.2 Å². The summed E-state index contributed by atoms with van der Waals surface area (Å²) in [6.45, 7) is 6.64. The summed E-state index contributed by atoms with van der Waals surface area (Å²) in [4.78, 5) is 16.4. The van der Waals surface area contributed by atoms with Crippen molar-refractivity contribution in [3.63, 3.8) is 0 Å². The van der Waals surface area contributed by atoms with Crippen molar-refractivity contribution in [1.29, 1.82) is 0 Å². The number of piperidine rings is 1. The molecule has 0 radical (unpaired) electrons. The molecule has 0 saturated carbocycles. The third kappa shape index (κ3) is 4.34. The molecule has 0 aliphatic carbocycles. The first-order valence-electron chi connectivity index (χ1n) is 8.45. The maximum Gasteiger partial charge on any atom is 0.233 e. The number of ether oxygens (including phenoxy) is 1. The third-order valence-corrected chi connectivity index (χ3v) is 4.87. The van der Waals surface area contributed by atoms with E-state index in [4.69, 9.17) is 9.15 Å². The van der Waals surface area contributed by atoms with Gasteiger partial charge in [0.1, 0.15) is 5.76 Å². The van der Waals surface area contributed by atoms with Gasteiger partial charge in [0.25, 0.3) is 0 Å². The van der Waals surface area contributed by atoms with E-state index in [0.717, 1.165) is 57.9 Å². The Bertz CT molecular complexity index is 505. The fraction of sp³-hybridized carbons (Fsp3) is 0.706. The van der Waals surface area contributed by atoms with Crippen molar-refractivity contribution >= 4 is 5.91 Å². The largest absolute Gasteiger partial charge is 0.468 e. The Morgan fingerprint density at radius 3 is 3.00 bits per heavy atom. The zero-order valence-electron chi connectivity index (χ0n) is 13.9. The van der Waals surface area contributed by atoms with E-state index < -0.39 is 0 Å². The second-order valence-electron chi connectivity index (χ2n) is 6.83. The van der Waals surface area contributed by atoms with Gasteiger partial charge in [0, 0.05) is 32.1 Å². The molecule has 0 unspecified atom stereocenters. The van der Waals surface area contributed by atoms with Crippen molar-refractivity contribution in [2.45, 2.75) is 19.4 Å². The van der Waals surface area contributed by atoms with Crippen molar-refractivity contribution in [1.82, 2.24) is 15.1 Å². The molecule has 0 aromatic carbocycles. The summed E-state index contributed by atoms with van der Waals surface area (Å²) in [5.74, 6) is 1.09. The highest BCUT2D eigenvalue weighted by molar-refractivity contribution is 5.77. The third-order valence-electron chi connectivity index (χ3n) is 4.87. The maximum atomic E-state index is 11.7. The van der Waals surface area contributed by atoms with Gasteiger partial charge >= 0.3 is 0 Å². The van der Waals surface area contributed by atoms with Gasteiger partial charge in [0.2, 0.25) is 5.91 Å². The SMILES string of the molecule is CNC(=O)CN1CCOC[C@]2(CCCN(Cc3ccco3)C2)C1. The molecule has 128 valence electrons. The molecule has 2 aliphatic rings. The number of carbonyl (C=O) groups is 1. The molecule has 1 atom stereocenters. The Kier molecular flexibility index (Phi) is 5.35. The number of likely N-dealkylation sites (tertiary alicyclic amines) is 1. The minimum absolute atomic E-state index is 0.0744. The molecule has 1 N–H and O–H groups in total. The highest BCUT2D eigenvalue weighted by atomic mass is 16.5. The summed E-state index contributed by atoms with van der Waals surface area (Å²) in [6.07, 6.45) is 4.05. The smallest absolute Gasteiger partial charge is 0.233 e. The standard InChI is InChI=1S/C17H27N3O3/c1-18-16(21)11-20-7-9-22-14-17(13-20)5-3-6-19(12-17)10-15-4-2-8-23-15/h2,4,8H,3,5-7,9-14H2,1H3,(H,18,21)/t17-/m0/s1. The van der Waals surface area contributed by atoms with Crippen LogP contribution in [0.1, 0.15) is 18.6 Å². The van der Waals surface area contributed by atoms with Crippen LogP contribution < -0.4 is 5.32 Å². The molecule has 1 spiro atoms. The van der Waals surface area contributed by atoms with Gasteiger partial charge in [-0.1, -0.05) is 0 Å². The van der Waals surface area contributed by atoms with Crippen LogP contribution in [0.25, 0.3) is 0 Å². The van der Waals surface area contributed by atoms with E-state index >= 15 is 0 Å². The van der Waals surface area contributed by atoms with Gasteiger partial charge in [-0.25, -0.2) is 0 Å². The average Bonchev–Trinajstić information content (AvgIpc) is 2.97. The van der Waals surface area contributed by atoms with Gasteiger partial charge in [-0.2, -0.15) is 0 Å². The number of hydrogen-bond acceptors (Lipinski definition) is 5. The topological polar surface area (TPSA) is 58.0 Å². The Morgan fingerprint density at radius 1 is 1.35 bits per heavy atom. The van der Waals surface area contributed by atoms with Gasteiger partial charge in [0.15, 0.2) is 0 Å². The molecule has 2 aliphatic heterocycles. The fourth-order valence-electron chi connectivity index (χ4n) is 3.81. The average molecular weight is 321 g/mol. The summed E-state index contributed by atoms with van der Waals surface area (Å²) >= 11 is 0. The van der Waals surface area contributed by atoms with Crippen LogP contribution in [0.5, 0.6) is 0 Å². The normalized spacial score (nSPS) is 27.0. The van der Waals surface area contributed by atoms with Crippen LogP contribution in [0.4, 0.5) is 0 Å². The Hall–Kier alpha value is -1.37. The monoisotopic (exact) mass is 321 g/mol. The van der Waals surface area contributed by atoms with Crippen LogP contribution in [0.3, 0.4) is 0 Å². The van der Waals surface area contributed by atoms with Crippen LogP contribution in [0, 0.1) is 5.41 Å². The maximum absolute atomic E-state index is 11.7. The lowest BCUT2D eigenvalue weighted by molar-refractivity contribution is -0.122. The zero-order valence-corrected chi connectivity index (χ0v) is 13.9. The predicted octanol–water partition coefficient (Wildman–Crippen LogP) is 0.940. The van der Waals surface area contributed by atoms with Crippen LogP contribution in [-0.4, -0.2) is 68.7 Å². The summed E-state index contributed by atoms with van der Waals surface area (Å²) in [6, 6.07) is 3.97. The molecule has 6 nitrogen and oxygen atoms in total. The van der Waals surface area contributed by atoms with Gasteiger partial charge < -0.3 is 14.5 Å². The Labute approximate surface area is 137 Å². The van der Waals surface area contributed by atoms with Crippen molar-refractivity contribution in [2.24, 2.45) is 5.41 Å². The second kappa shape index (κ2) is 7.47. The summed E-state index contributed by atoms with van der Waals surface area (Å²) in [7, 11) is 1.69. The predicted molar refractivity (Wildman–Crippen MR) is 87.0 cm³/mol. The van der Waals surface area contributed by atoms with Crippen LogP contribution >= 0.6 is 0 Å². The fourth-order valence-corrected chi connectivity index (χ4v) is 3.81. The first-order valence-corrected chi connectivity index (χ1v) is 8.45. The van der Waals surface area contributed by atoms with Crippen LogP contribution in [0.15, 0.2) is 22.8 Å². The number of carbonyl (C=O) groups excluding carboxylic acids is 1. The number of furan rings is 1. The number of nitrogens with zero attached hydrogens (tertiary/aromatic N) is 2. The van der Waals surface area contributed by atoms with Crippen LogP contribution in [0.2, 0.25) is 0 Å². The number of rotatable bonds is 4.